The molecule has 85 heavy (non-hydrogen) atoms. The molecule has 0 aromatic heterocycles. The van der Waals surface area contributed by atoms with Gasteiger partial charge in [-0.3, -0.25) is 0 Å². The second-order valence-electron chi connectivity index (χ2n) is 21.1. The Hall–Kier alpha value is -9.86. The van der Waals surface area contributed by atoms with Crippen LogP contribution < -0.4 is 23.7 Å². The van der Waals surface area contributed by atoms with Gasteiger partial charge in [0.15, 0.2) is 0 Å². The first-order valence-electron chi connectivity index (χ1n) is 28.3. The van der Waals surface area contributed by atoms with Gasteiger partial charge in [-0.1, -0.05) is 96.1 Å². The topological polar surface area (TPSA) is 98.8 Å². The van der Waals surface area contributed by atoms with Crippen LogP contribution in [0.4, 0.5) is 0 Å². The van der Waals surface area contributed by atoms with E-state index in [4.69, 9.17) is 33.2 Å². The Balaban J connectivity index is 0.000000163. The average molecular weight is 1130 g/mol. The van der Waals surface area contributed by atoms with Gasteiger partial charge in [-0.2, -0.15) is 0 Å². The fourth-order valence-corrected chi connectivity index (χ4v) is 8.18. The summed E-state index contributed by atoms with van der Waals surface area (Å²) in [4.78, 5) is 23.9. The number of hydrogen-bond donors (Lipinski definition) is 0. The first-order chi connectivity index (χ1) is 40.8. The van der Waals surface area contributed by atoms with Crippen molar-refractivity contribution in [2.45, 2.75) is 83.1 Å². The van der Waals surface area contributed by atoms with Crippen molar-refractivity contribution in [3.63, 3.8) is 0 Å². The fraction of sp³-hybridized carbons (Fsp3) is 0.184. The van der Waals surface area contributed by atoms with Gasteiger partial charge < -0.3 is 33.2 Å². The van der Waals surface area contributed by atoms with E-state index in [9.17, 15) is 9.59 Å². The Morgan fingerprint density at radius 3 is 0.800 bits per heavy atom. The summed E-state index contributed by atoms with van der Waals surface area (Å²) in [5.74, 6) is 7.29. The second kappa shape index (κ2) is 31.0. The lowest BCUT2D eigenvalue weighted by Gasteiger charge is -2.10. The molecule has 0 unspecified atom stereocenters. The first-order valence-corrected chi connectivity index (χ1v) is 28.3. The molecule has 0 saturated heterocycles. The summed E-state index contributed by atoms with van der Waals surface area (Å²) in [6.07, 6.45) is 0. The third kappa shape index (κ3) is 20.5. The van der Waals surface area contributed by atoms with Crippen LogP contribution in [-0.4, -0.2) is 25.2 Å². The van der Waals surface area contributed by atoms with Crippen molar-refractivity contribution >= 4 is 11.9 Å². The van der Waals surface area contributed by atoms with Crippen molar-refractivity contribution in [1.82, 2.24) is 0 Å². The highest BCUT2D eigenvalue weighted by Crippen LogP contribution is 2.31. The van der Waals surface area contributed by atoms with E-state index in [1.54, 1.807) is 24.3 Å². The van der Waals surface area contributed by atoms with E-state index in [1.165, 1.54) is 44.5 Å². The van der Waals surface area contributed by atoms with Crippen molar-refractivity contribution in [1.29, 1.82) is 0 Å². The van der Waals surface area contributed by atoms with Crippen molar-refractivity contribution in [2.75, 3.05) is 13.2 Å². The number of ether oxygens (including phenoxy) is 7. The van der Waals surface area contributed by atoms with E-state index in [0.29, 0.717) is 11.1 Å². The summed E-state index contributed by atoms with van der Waals surface area (Å²) in [5, 5.41) is 0. The first kappa shape index (κ1) is 62.7. The van der Waals surface area contributed by atoms with E-state index < -0.39 is 11.9 Å². The molecule has 9 heteroatoms. The van der Waals surface area contributed by atoms with Crippen LogP contribution in [0.5, 0.6) is 57.5 Å². The molecule has 10 rings (SSSR count). The highest BCUT2D eigenvalue weighted by Gasteiger charge is 2.12. The van der Waals surface area contributed by atoms with E-state index >= 15 is 0 Å². The quantitative estimate of drug-likeness (QED) is 0.0734. The average Bonchev–Trinajstić information content (AvgIpc) is 3.62. The molecule has 9 nitrogen and oxygen atoms in total. The van der Waals surface area contributed by atoms with Gasteiger partial charge in [0.05, 0.1) is 11.1 Å². The number of rotatable bonds is 15. The van der Waals surface area contributed by atoms with Gasteiger partial charge in [-0.05, 0) is 260 Å². The molecular weight excluding hydrogens is 1060 g/mol. The second-order valence-corrected chi connectivity index (χ2v) is 21.1. The molecule has 0 bridgehead atoms. The Morgan fingerprint density at radius 1 is 0.235 bits per heavy atom. The minimum atomic E-state index is -0.416. The number of carbonyl (C=O) groups excluding carboxylic acids is 2. The van der Waals surface area contributed by atoms with Gasteiger partial charge in [-0.25, -0.2) is 9.59 Å². The molecule has 0 fully saturated rings. The van der Waals surface area contributed by atoms with Crippen LogP contribution in [-0.2, 0) is 9.47 Å². The van der Waals surface area contributed by atoms with Crippen molar-refractivity contribution < 1.29 is 42.7 Å². The van der Waals surface area contributed by atoms with Crippen LogP contribution in [0.15, 0.2) is 218 Å². The number of carbonyl (C=O) groups is 2. The molecule has 0 aliphatic rings. The summed E-state index contributed by atoms with van der Waals surface area (Å²) in [7, 11) is 0. The number of aryl methyl sites for hydroxylation is 12. The molecule has 0 aliphatic carbocycles. The Kier molecular flexibility index (Phi) is 22.9. The fourth-order valence-electron chi connectivity index (χ4n) is 8.18. The van der Waals surface area contributed by atoms with Gasteiger partial charge in [0.1, 0.15) is 70.7 Å². The van der Waals surface area contributed by atoms with Crippen LogP contribution in [0.3, 0.4) is 0 Å². The Labute approximate surface area is 502 Å². The molecule has 0 saturated carbocycles. The molecule has 0 heterocycles. The van der Waals surface area contributed by atoms with Crippen LogP contribution in [0.25, 0.3) is 0 Å². The molecule has 10 aromatic carbocycles. The van der Waals surface area contributed by atoms with Gasteiger partial charge in [0, 0.05) is 12.1 Å². The van der Waals surface area contributed by atoms with Crippen LogP contribution in [0, 0.1) is 83.1 Å². The molecule has 0 aliphatic heterocycles. The van der Waals surface area contributed by atoms with Crippen molar-refractivity contribution in [2.24, 2.45) is 0 Å². The molecule has 0 spiro atoms. The normalized spacial score (nSPS) is 10.3. The summed E-state index contributed by atoms with van der Waals surface area (Å²) in [6, 6.07) is 70.4. The minimum absolute atomic E-state index is 0.0301. The zero-order valence-corrected chi connectivity index (χ0v) is 50.9. The maximum Gasteiger partial charge on any atom is 0.338 e. The zero-order chi connectivity index (χ0) is 60.8. The largest absolute Gasteiger partial charge is 0.458 e. The van der Waals surface area contributed by atoms with Crippen molar-refractivity contribution in [3.05, 3.63) is 296 Å². The maximum atomic E-state index is 11.9. The number of esters is 2. The smallest absolute Gasteiger partial charge is 0.338 e. The van der Waals surface area contributed by atoms with Crippen LogP contribution in [0.2, 0.25) is 0 Å². The highest BCUT2D eigenvalue weighted by molar-refractivity contribution is 5.90. The lowest BCUT2D eigenvalue weighted by molar-refractivity contribution is 0.0265. The molecule has 0 amide bonds. The van der Waals surface area contributed by atoms with Crippen LogP contribution >= 0.6 is 0 Å². The standard InChI is InChI=1S/C20H22O4.2C20H18O2.C16H18O/c1-13-5-7-17(11-15(13)3)19(21)23-9-10-24-20(22)18-8-6-14(2)16(4)12-18;1-15-6-3-8-17(12-15)21-19-10-5-11-20(14-19)22-18-9-4-7-16(2)13-18;1-15-6-10-17(11-7-15)21-19-4-3-5-20(14-19)22-18-12-8-16(2)9-13-18;1-11-5-7-15(9-13(11)3)17-16-8-6-12(2)14(4)10-16/h5-8,11-12H,9-10H2,1-4H3;2*3-14H,1-2H3;5-10H,1-4H3. The predicted molar refractivity (Wildman–Crippen MR) is 342 cm³/mol. The lowest BCUT2D eigenvalue weighted by atomic mass is 10.1. The van der Waals surface area contributed by atoms with Gasteiger partial charge in [0.2, 0.25) is 0 Å². The van der Waals surface area contributed by atoms with E-state index in [1.807, 2.05) is 211 Å². The monoisotopic (exact) mass is 1130 g/mol. The number of hydrogen-bond acceptors (Lipinski definition) is 9. The summed E-state index contributed by atoms with van der Waals surface area (Å²) in [6.45, 7) is 24.5. The van der Waals surface area contributed by atoms with E-state index in [-0.39, 0.29) is 13.2 Å². The molecule has 0 N–H and O–H groups in total. The zero-order valence-electron chi connectivity index (χ0n) is 50.9. The predicted octanol–water partition coefficient (Wildman–Crippen LogP) is 20.4. The molecule has 0 radical (unpaired) electrons. The van der Waals surface area contributed by atoms with E-state index in [0.717, 1.165) is 79.7 Å². The van der Waals surface area contributed by atoms with Gasteiger partial charge in [0.25, 0.3) is 0 Å². The Bertz CT molecular complexity index is 3580. The third-order valence-electron chi connectivity index (χ3n) is 13.8. The van der Waals surface area contributed by atoms with Crippen LogP contribution in [0.1, 0.15) is 87.5 Å². The maximum absolute atomic E-state index is 11.9. The minimum Gasteiger partial charge on any atom is -0.458 e. The third-order valence-corrected chi connectivity index (χ3v) is 13.8. The number of benzene rings is 10. The van der Waals surface area contributed by atoms with Crippen molar-refractivity contribution in [3.8, 4) is 57.5 Å². The molecule has 0 atom stereocenters. The van der Waals surface area contributed by atoms with Gasteiger partial charge >= 0.3 is 11.9 Å². The SMILES string of the molecule is Cc1ccc(C(=O)OCCOC(=O)c2ccc(C)c(C)c2)cc1C.Cc1ccc(Oc2ccc(C)c(C)c2)cc1C.Cc1ccc(Oc2cccc(Oc3ccc(C)cc3)c2)cc1.Cc1cccc(Oc2cccc(Oc3cccc(C)c3)c2)c1. The molecule has 434 valence electrons. The summed E-state index contributed by atoms with van der Waals surface area (Å²) in [5.41, 5.74) is 15.2. The molecule has 10 aromatic rings. The molecular formula is C76H76O9. The lowest BCUT2D eigenvalue weighted by Crippen LogP contribution is -2.14. The van der Waals surface area contributed by atoms with Gasteiger partial charge in [-0.15, -0.1) is 0 Å². The highest BCUT2D eigenvalue weighted by atomic mass is 16.6. The summed E-state index contributed by atoms with van der Waals surface area (Å²) >= 11 is 0. The summed E-state index contributed by atoms with van der Waals surface area (Å²) < 4.78 is 39.6. The van der Waals surface area contributed by atoms with E-state index in [2.05, 4.69) is 65.8 Å². The Morgan fingerprint density at radius 2 is 0.494 bits per heavy atom.